The number of carbonyl (C=O) groups excluding carboxylic acids is 1. The van der Waals surface area contributed by atoms with Crippen LogP contribution in [0.15, 0.2) is 60.8 Å². The molecule has 0 aliphatic carbocycles. The van der Waals surface area contributed by atoms with E-state index in [1.54, 1.807) is 0 Å². The third-order valence-corrected chi connectivity index (χ3v) is 2.91. The largest absolute Gasteiger partial charge is 1.00 e. The first-order valence-electron chi connectivity index (χ1n) is 8.22. The van der Waals surface area contributed by atoms with E-state index in [0.29, 0.717) is 6.42 Å². The number of hydrogen-bond donors (Lipinski definition) is 0. The number of carbonyl (C=O) groups is 1. The van der Waals surface area contributed by atoms with Gasteiger partial charge in [-0.2, -0.15) is 0 Å². The first-order valence-corrected chi connectivity index (χ1v) is 8.22. The molecule has 0 fully saturated rings. The molecule has 2 nitrogen and oxygen atoms in total. The summed E-state index contributed by atoms with van der Waals surface area (Å²) in [5.74, 6) is -0.965. The molecule has 23 heavy (non-hydrogen) atoms. The van der Waals surface area contributed by atoms with E-state index in [0.717, 1.165) is 38.5 Å². The molecule has 0 heterocycles. The molecule has 0 saturated carbocycles. The minimum absolute atomic E-state index is 0. The zero-order valence-corrected chi connectivity index (χ0v) is 17.9. The van der Waals surface area contributed by atoms with Gasteiger partial charge in [0.25, 0.3) is 0 Å². The van der Waals surface area contributed by atoms with E-state index in [9.17, 15) is 9.90 Å². The van der Waals surface area contributed by atoms with Crippen LogP contribution in [0.4, 0.5) is 0 Å². The van der Waals surface area contributed by atoms with Gasteiger partial charge in [-0.1, -0.05) is 67.7 Å². The Hall–Kier alpha value is -0.194. The van der Waals surface area contributed by atoms with Crippen molar-refractivity contribution < 1.29 is 61.3 Å². The van der Waals surface area contributed by atoms with Gasteiger partial charge in [-0.05, 0) is 51.4 Å². The average molecular weight is 341 g/mol. The van der Waals surface area contributed by atoms with Crippen LogP contribution in [0.1, 0.15) is 58.3 Å². The number of rotatable bonds is 13. The maximum atomic E-state index is 10.2. The summed E-state index contributed by atoms with van der Waals surface area (Å²) < 4.78 is 0. The summed E-state index contributed by atoms with van der Waals surface area (Å²) in [6.07, 6.45) is 28.1. The summed E-state index contributed by atoms with van der Waals surface area (Å²) in [5.41, 5.74) is 0. The molecule has 3 heteroatoms. The molecule has 0 saturated heterocycles. The van der Waals surface area contributed by atoms with Crippen LogP contribution in [0.2, 0.25) is 0 Å². The van der Waals surface area contributed by atoms with Crippen molar-refractivity contribution in [3.8, 4) is 0 Å². The summed E-state index contributed by atoms with van der Waals surface area (Å²) in [5, 5.41) is 10.2. The molecule has 0 atom stereocenters. The molecule has 0 aromatic heterocycles. The first-order chi connectivity index (χ1) is 10.8. The van der Waals surface area contributed by atoms with Crippen molar-refractivity contribution in [2.24, 2.45) is 0 Å². The molecule has 122 valence electrons. The Morgan fingerprint density at radius 3 is 1.52 bits per heavy atom. The van der Waals surface area contributed by atoms with E-state index in [1.807, 2.05) is 6.08 Å². The van der Waals surface area contributed by atoms with Gasteiger partial charge in [0, 0.05) is 5.97 Å². The SMILES string of the molecule is CC/C=C\C/C=C\C/C=C\C/C=C\C/C=C\CCCC(=O)[O-].[K+]. The number of hydrogen-bond acceptors (Lipinski definition) is 2. The molecule has 0 N–H and O–H groups in total. The Bertz CT molecular complexity index is 404. The zero-order valence-electron chi connectivity index (χ0n) is 14.7. The fourth-order valence-corrected chi connectivity index (χ4v) is 1.73. The van der Waals surface area contributed by atoms with Crippen LogP contribution in [-0.2, 0) is 4.79 Å². The number of unbranched alkanes of at least 4 members (excludes halogenated alkanes) is 1. The van der Waals surface area contributed by atoms with Crippen molar-refractivity contribution in [3.05, 3.63) is 60.8 Å². The Balaban J connectivity index is 0. The van der Waals surface area contributed by atoms with Gasteiger partial charge in [0.05, 0.1) is 0 Å². The fourth-order valence-electron chi connectivity index (χ4n) is 1.73. The fraction of sp³-hybridized carbons (Fsp3) is 0.450. The zero-order chi connectivity index (χ0) is 16.3. The van der Waals surface area contributed by atoms with Gasteiger partial charge in [0.15, 0.2) is 0 Å². The van der Waals surface area contributed by atoms with Gasteiger partial charge >= 0.3 is 51.4 Å². The van der Waals surface area contributed by atoms with Crippen LogP contribution < -0.4 is 56.5 Å². The predicted molar refractivity (Wildman–Crippen MR) is 93.3 cm³/mol. The van der Waals surface area contributed by atoms with Crippen LogP contribution >= 0.6 is 0 Å². The number of carboxylic acid groups (broad SMARTS) is 1. The molecule has 0 spiro atoms. The Morgan fingerprint density at radius 1 is 0.739 bits per heavy atom. The number of carboxylic acids is 1. The Morgan fingerprint density at radius 2 is 1.13 bits per heavy atom. The standard InChI is InChI=1S/C20H30O2.K/c1-2-3-4-5-6-7-8-9-10-11-12-13-14-15-16-17-18-19-20(21)22;/h3-4,6-7,9-10,12-13,15-16H,2,5,8,11,14,17-19H2,1H3,(H,21,22);/q;+1/p-1/b4-3-,7-6-,10-9-,13-12-,16-15-;. The molecule has 0 amide bonds. The molecular formula is C20H29KO2. The molecule has 0 aliphatic heterocycles. The van der Waals surface area contributed by atoms with Crippen LogP contribution in [0.25, 0.3) is 0 Å². The minimum atomic E-state index is -0.965. The second kappa shape index (κ2) is 21.8. The van der Waals surface area contributed by atoms with Gasteiger partial charge < -0.3 is 9.90 Å². The summed E-state index contributed by atoms with van der Waals surface area (Å²) in [4.78, 5) is 10.2. The van der Waals surface area contributed by atoms with Crippen molar-refractivity contribution in [2.45, 2.75) is 58.3 Å². The van der Waals surface area contributed by atoms with E-state index < -0.39 is 5.97 Å². The Labute approximate surface area is 184 Å². The van der Waals surface area contributed by atoms with Crippen molar-refractivity contribution >= 4 is 5.97 Å². The minimum Gasteiger partial charge on any atom is -0.550 e. The third kappa shape index (κ3) is 24.2. The summed E-state index contributed by atoms with van der Waals surface area (Å²) >= 11 is 0. The maximum Gasteiger partial charge on any atom is 1.00 e. The van der Waals surface area contributed by atoms with Crippen LogP contribution in [0.5, 0.6) is 0 Å². The van der Waals surface area contributed by atoms with Crippen LogP contribution in [0, 0.1) is 0 Å². The summed E-state index contributed by atoms with van der Waals surface area (Å²) in [6, 6.07) is 0. The van der Waals surface area contributed by atoms with E-state index in [2.05, 4.69) is 61.6 Å². The van der Waals surface area contributed by atoms with Crippen molar-refractivity contribution in [3.63, 3.8) is 0 Å². The van der Waals surface area contributed by atoms with E-state index in [-0.39, 0.29) is 57.8 Å². The van der Waals surface area contributed by atoms with Gasteiger partial charge in [-0.15, -0.1) is 0 Å². The first kappa shape index (κ1) is 25.1. The molecule has 0 aromatic rings. The van der Waals surface area contributed by atoms with Crippen molar-refractivity contribution in [1.29, 1.82) is 0 Å². The van der Waals surface area contributed by atoms with Crippen molar-refractivity contribution in [1.82, 2.24) is 0 Å². The van der Waals surface area contributed by atoms with E-state index in [4.69, 9.17) is 0 Å². The molecule has 0 bridgehead atoms. The third-order valence-electron chi connectivity index (χ3n) is 2.91. The van der Waals surface area contributed by atoms with Gasteiger partial charge in [0.1, 0.15) is 0 Å². The number of allylic oxidation sites excluding steroid dienone is 10. The summed E-state index contributed by atoms with van der Waals surface area (Å²) in [7, 11) is 0. The van der Waals surface area contributed by atoms with Gasteiger partial charge in [-0.3, -0.25) is 0 Å². The van der Waals surface area contributed by atoms with Crippen LogP contribution in [-0.4, -0.2) is 5.97 Å². The van der Waals surface area contributed by atoms with Crippen molar-refractivity contribution in [2.75, 3.05) is 0 Å². The van der Waals surface area contributed by atoms with Crippen LogP contribution in [0.3, 0.4) is 0 Å². The Kier molecular flexibility index (Phi) is 23.8. The second-order valence-electron chi connectivity index (χ2n) is 4.97. The molecule has 0 aliphatic rings. The topological polar surface area (TPSA) is 40.1 Å². The molecule has 0 rings (SSSR count). The van der Waals surface area contributed by atoms with Gasteiger partial charge in [-0.25, -0.2) is 0 Å². The predicted octanol–water partition coefficient (Wildman–Crippen LogP) is 1.66. The molecule has 0 aromatic carbocycles. The average Bonchev–Trinajstić information content (AvgIpc) is 2.50. The van der Waals surface area contributed by atoms with E-state index >= 15 is 0 Å². The van der Waals surface area contributed by atoms with E-state index in [1.165, 1.54) is 0 Å². The smallest absolute Gasteiger partial charge is 0.550 e. The second-order valence-corrected chi connectivity index (χ2v) is 4.97. The monoisotopic (exact) mass is 340 g/mol. The number of aliphatic carboxylic acids is 1. The molecule has 0 unspecified atom stereocenters. The quantitative estimate of drug-likeness (QED) is 0.291. The summed E-state index contributed by atoms with van der Waals surface area (Å²) in [6.45, 7) is 2.14. The maximum absolute atomic E-state index is 10.2. The van der Waals surface area contributed by atoms with Gasteiger partial charge in [0.2, 0.25) is 0 Å². The molecular weight excluding hydrogens is 311 g/mol. The molecule has 0 radical (unpaired) electrons. The normalized spacial score (nSPS) is 12.2.